The molecule has 1 aromatic heterocycles. The number of unbranched alkanes of at least 4 members (excludes halogenated alkanes) is 4. The van der Waals surface area contributed by atoms with Crippen molar-refractivity contribution in [2.75, 3.05) is 36.8 Å². The fourth-order valence-electron chi connectivity index (χ4n) is 4.81. The number of nitrogens with zero attached hydrogens (tertiary/aromatic N) is 5. The van der Waals surface area contributed by atoms with E-state index in [0.717, 1.165) is 71.7 Å². The second-order valence-electron chi connectivity index (χ2n) is 9.84. The standard InChI is InChI=1S/C29H35N7O2.ClH/c1-3-5-7-13-35-26(37)18-30-28(35)32-22-11-9-20-15-21-10-12-23(17-25(21)34-24(20)16-22)33-29-31-19-27(38)36(29)14-8-6-4-2;/h9-12,15-17H,3-8,13-14,18-19H2,1-2H3,(H,30,32)(H,31,33);1H. The number of nitrogens with one attached hydrogen (secondary N) is 2. The molecule has 3 aromatic rings. The number of anilines is 2. The number of fused-ring (bicyclic) bond motifs is 2. The van der Waals surface area contributed by atoms with Crippen LogP contribution in [0.15, 0.2) is 52.4 Å². The molecule has 0 unspecified atom stereocenters. The third-order valence-electron chi connectivity index (χ3n) is 6.94. The summed E-state index contributed by atoms with van der Waals surface area (Å²) in [7, 11) is 0. The van der Waals surface area contributed by atoms with Gasteiger partial charge in [-0.15, -0.1) is 12.4 Å². The fraction of sp³-hybridized carbons (Fsp3) is 0.414. The smallest absolute Gasteiger partial charge is 0.251 e. The van der Waals surface area contributed by atoms with Crippen molar-refractivity contribution in [1.82, 2.24) is 14.8 Å². The highest BCUT2D eigenvalue weighted by Gasteiger charge is 2.26. The van der Waals surface area contributed by atoms with Crippen molar-refractivity contribution < 1.29 is 9.59 Å². The Morgan fingerprint density at radius 2 is 1.15 bits per heavy atom. The van der Waals surface area contributed by atoms with Gasteiger partial charge < -0.3 is 10.6 Å². The van der Waals surface area contributed by atoms with Gasteiger partial charge in [0.2, 0.25) is 11.9 Å². The number of aromatic nitrogens is 1. The molecule has 2 aliphatic heterocycles. The lowest BCUT2D eigenvalue weighted by molar-refractivity contribution is -0.125. The zero-order chi connectivity index (χ0) is 26.5. The number of hydrogen-bond donors (Lipinski definition) is 2. The first kappa shape index (κ1) is 28.3. The van der Waals surface area contributed by atoms with E-state index in [1.165, 1.54) is 0 Å². The molecule has 206 valence electrons. The SMILES string of the molecule is CCCCCN1C(=O)CN=C1Nc1ccc2cc3ccc(NC4=NCC(=O)N4CCCCC)cc3nc2c1.Cl. The number of halogens is 1. The van der Waals surface area contributed by atoms with Crippen molar-refractivity contribution >= 4 is 69.3 Å². The highest BCUT2D eigenvalue weighted by atomic mass is 35.5. The summed E-state index contributed by atoms with van der Waals surface area (Å²) < 4.78 is 0. The van der Waals surface area contributed by atoms with Crippen LogP contribution < -0.4 is 10.6 Å². The Balaban J connectivity index is 0.00000353. The van der Waals surface area contributed by atoms with Crippen molar-refractivity contribution in [3.05, 3.63) is 42.5 Å². The van der Waals surface area contributed by atoms with E-state index in [9.17, 15) is 9.59 Å². The van der Waals surface area contributed by atoms with E-state index < -0.39 is 0 Å². The quantitative estimate of drug-likeness (QED) is 0.260. The molecule has 0 spiro atoms. The van der Waals surface area contributed by atoms with Crippen LogP contribution in [0.2, 0.25) is 0 Å². The number of carbonyl (C=O) groups is 2. The summed E-state index contributed by atoms with van der Waals surface area (Å²) in [6, 6.07) is 14.1. The molecule has 10 heteroatoms. The highest BCUT2D eigenvalue weighted by molar-refractivity contribution is 6.10. The Morgan fingerprint density at radius 3 is 1.59 bits per heavy atom. The molecule has 2 N–H and O–H groups in total. The third kappa shape index (κ3) is 6.47. The summed E-state index contributed by atoms with van der Waals surface area (Å²) in [5, 5.41) is 8.71. The summed E-state index contributed by atoms with van der Waals surface area (Å²) in [5.41, 5.74) is 3.37. The minimum atomic E-state index is 0. The average molecular weight is 550 g/mol. The Labute approximate surface area is 235 Å². The Bertz CT molecular complexity index is 1320. The van der Waals surface area contributed by atoms with Crippen LogP contribution in [0.5, 0.6) is 0 Å². The normalized spacial score (nSPS) is 15.1. The number of carbonyl (C=O) groups excluding carboxylic acids is 2. The van der Waals surface area contributed by atoms with E-state index in [2.05, 4.69) is 40.5 Å². The van der Waals surface area contributed by atoms with Gasteiger partial charge in [0.15, 0.2) is 0 Å². The van der Waals surface area contributed by atoms with Gasteiger partial charge in [0.25, 0.3) is 11.8 Å². The van der Waals surface area contributed by atoms with Crippen LogP contribution >= 0.6 is 12.4 Å². The molecule has 0 saturated heterocycles. The number of pyridine rings is 1. The maximum absolute atomic E-state index is 12.3. The molecule has 39 heavy (non-hydrogen) atoms. The van der Waals surface area contributed by atoms with E-state index in [4.69, 9.17) is 4.98 Å². The molecule has 9 nitrogen and oxygen atoms in total. The molecule has 0 saturated carbocycles. The predicted octanol–water partition coefficient (Wildman–Crippen LogP) is 5.41. The van der Waals surface area contributed by atoms with Crippen molar-refractivity contribution in [1.29, 1.82) is 0 Å². The third-order valence-corrected chi connectivity index (χ3v) is 6.94. The number of aliphatic imine (C=N–C) groups is 2. The molecule has 0 radical (unpaired) electrons. The van der Waals surface area contributed by atoms with Crippen LogP contribution in [0.4, 0.5) is 11.4 Å². The van der Waals surface area contributed by atoms with Gasteiger partial charge in [0, 0.05) is 35.2 Å². The number of rotatable bonds is 10. The molecule has 0 bridgehead atoms. The van der Waals surface area contributed by atoms with E-state index >= 15 is 0 Å². The molecule has 5 rings (SSSR count). The lowest BCUT2D eigenvalue weighted by Crippen LogP contribution is -2.37. The monoisotopic (exact) mass is 549 g/mol. The molecule has 2 aromatic carbocycles. The van der Waals surface area contributed by atoms with Crippen LogP contribution in [-0.2, 0) is 9.59 Å². The Hall–Kier alpha value is -3.72. The number of amides is 2. The molecule has 0 atom stereocenters. The Kier molecular flexibility index (Phi) is 9.35. The second-order valence-corrected chi connectivity index (χ2v) is 9.84. The molecule has 0 fully saturated rings. The van der Waals surface area contributed by atoms with Gasteiger partial charge in [0.1, 0.15) is 13.1 Å². The minimum Gasteiger partial charge on any atom is -0.326 e. The summed E-state index contributed by atoms with van der Waals surface area (Å²) in [6.07, 6.45) is 6.30. The van der Waals surface area contributed by atoms with Gasteiger partial charge in [0.05, 0.1) is 11.0 Å². The lowest BCUT2D eigenvalue weighted by atomic mass is 10.1. The minimum absolute atomic E-state index is 0. The van der Waals surface area contributed by atoms with Gasteiger partial charge in [-0.3, -0.25) is 19.4 Å². The first-order chi connectivity index (χ1) is 18.6. The van der Waals surface area contributed by atoms with Crippen LogP contribution in [-0.4, -0.2) is 64.7 Å². The second kappa shape index (κ2) is 12.9. The summed E-state index contributed by atoms with van der Waals surface area (Å²) in [5.74, 6) is 1.28. The van der Waals surface area contributed by atoms with Gasteiger partial charge in [-0.05, 0) is 43.2 Å². The summed E-state index contributed by atoms with van der Waals surface area (Å²) >= 11 is 0. The number of benzene rings is 2. The van der Waals surface area contributed by atoms with E-state index in [0.29, 0.717) is 25.0 Å². The summed E-state index contributed by atoms with van der Waals surface area (Å²) in [6.45, 7) is 6.03. The molecule has 3 heterocycles. The first-order valence-corrected chi connectivity index (χ1v) is 13.6. The maximum Gasteiger partial charge on any atom is 0.251 e. The zero-order valence-electron chi connectivity index (χ0n) is 22.6. The summed E-state index contributed by atoms with van der Waals surface area (Å²) in [4.78, 5) is 41.8. The lowest BCUT2D eigenvalue weighted by Gasteiger charge is -2.19. The van der Waals surface area contributed by atoms with Crippen molar-refractivity contribution in [2.24, 2.45) is 9.98 Å². The molecule has 0 aliphatic carbocycles. The average Bonchev–Trinajstić information content (AvgIpc) is 3.44. The molecular weight excluding hydrogens is 514 g/mol. The van der Waals surface area contributed by atoms with Crippen molar-refractivity contribution in [3.63, 3.8) is 0 Å². The van der Waals surface area contributed by atoms with E-state index in [1.807, 2.05) is 36.4 Å². The molecule has 2 aliphatic rings. The number of hydrogen-bond acceptors (Lipinski definition) is 7. The predicted molar refractivity (Wildman–Crippen MR) is 161 cm³/mol. The van der Waals surface area contributed by atoms with E-state index in [-0.39, 0.29) is 37.3 Å². The van der Waals surface area contributed by atoms with Crippen LogP contribution in [0.3, 0.4) is 0 Å². The van der Waals surface area contributed by atoms with Crippen LogP contribution in [0.25, 0.3) is 21.8 Å². The first-order valence-electron chi connectivity index (χ1n) is 13.6. The maximum atomic E-state index is 12.3. The van der Waals surface area contributed by atoms with Crippen LogP contribution in [0, 0.1) is 0 Å². The van der Waals surface area contributed by atoms with Gasteiger partial charge in [-0.1, -0.05) is 51.7 Å². The molecular formula is C29H36ClN7O2. The van der Waals surface area contributed by atoms with Gasteiger partial charge in [-0.2, -0.15) is 0 Å². The van der Waals surface area contributed by atoms with Gasteiger partial charge in [-0.25, -0.2) is 15.0 Å². The zero-order valence-corrected chi connectivity index (χ0v) is 23.4. The Morgan fingerprint density at radius 1 is 0.692 bits per heavy atom. The molecule has 2 amide bonds. The van der Waals surface area contributed by atoms with Crippen molar-refractivity contribution in [2.45, 2.75) is 52.4 Å². The van der Waals surface area contributed by atoms with Crippen molar-refractivity contribution in [3.8, 4) is 0 Å². The van der Waals surface area contributed by atoms with Gasteiger partial charge >= 0.3 is 0 Å². The number of guanidine groups is 2. The fourth-order valence-corrected chi connectivity index (χ4v) is 4.81. The largest absolute Gasteiger partial charge is 0.326 e. The van der Waals surface area contributed by atoms with E-state index in [1.54, 1.807) is 9.80 Å². The highest BCUT2D eigenvalue weighted by Crippen LogP contribution is 2.26. The topological polar surface area (TPSA) is 102 Å². The van der Waals surface area contributed by atoms with Crippen LogP contribution in [0.1, 0.15) is 52.4 Å².